The van der Waals surface area contributed by atoms with Crippen LogP contribution in [0.5, 0.6) is 0 Å². The van der Waals surface area contributed by atoms with Crippen LogP contribution in [0.4, 0.5) is 0 Å². The van der Waals surface area contributed by atoms with Crippen LogP contribution in [-0.2, 0) is 4.74 Å². The van der Waals surface area contributed by atoms with E-state index in [4.69, 9.17) is 4.74 Å². The van der Waals surface area contributed by atoms with Crippen LogP contribution in [0.25, 0.3) is 0 Å². The average Bonchev–Trinajstić information content (AvgIpc) is 2.29. The van der Waals surface area contributed by atoms with Crippen molar-refractivity contribution in [1.29, 1.82) is 0 Å². The molecule has 0 aromatic rings. The first-order chi connectivity index (χ1) is 8.91. The lowest BCUT2D eigenvalue weighted by molar-refractivity contribution is 0.116. The second-order valence-electron chi connectivity index (χ2n) is 5.92. The van der Waals surface area contributed by atoms with Gasteiger partial charge in [-0.15, -0.1) is 0 Å². The van der Waals surface area contributed by atoms with Crippen LogP contribution in [0.15, 0.2) is 0 Å². The monoisotopic (exact) mass is 274 g/mol. The Labute approximate surface area is 119 Å². The number of rotatable bonds is 12. The first-order valence-electron chi connectivity index (χ1n) is 7.17. The minimum absolute atomic E-state index is 0.537. The Morgan fingerprint density at radius 3 is 2.00 bits per heavy atom. The third kappa shape index (κ3) is 14.0. The van der Waals surface area contributed by atoms with E-state index in [0.717, 1.165) is 39.4 Å². The molecule has 19 heavy (non-hydrogen) atoms. The summed E-state index contributed by atoms with van der Waals surface area (Å²) >= 11 is 0. The van der Waals surface area contributed by atoms with Gasteiger partial charge in [0.2, 0.25) is 0 Å². The fraction of sp³-hybridized carbons (Fsp3) is 1.00. The highest BCUT2D eigenvalue weighted by Crippen LogP contribution is 1.95. The fourth-order valence-electron chi connectivity index (χ4n) is 1.80. The molecule has 116 valence electrons. The van der Waals surface area contributed by atoms with Gasteiger partial charge in [0.05, 0.1) is 13.2 Å². The summed E-state index contributed by atoms with van der Waals surface area (Å²) in [7, 11) is 12.6. The lowest BCUT2D eigenvalue weighted by Gasteiger charge is -2.24. The first-order valence-corrected chi connectivity index (χ1v) is 7.17. The molecule has 1 unspecified atom stereocenters. The molecule has 0 heterocycles. The second kappa shape index (κ2) is 11.6. The van der Waals surface area contributed by atoms with Gasteiger partial charge in [-0.1, -0.05) is 0 Å². The summed E-state index contributed by atoms with van der Waals surface area (Å²) in [5.74, 6) is 0. The van der Waals surface area contributed by atoms with Gasteiger partial charge in [0.15, 0.2) is 0 Å². The van der Waals surface area contributed by atoms with Gasteiger partial charge in [-0.05, 0) is 55.3 Å². The maximum absolute atomic E-state index is 5.60. The zero-order chi connectivity index (χ0) is 14.7. The molecule has 0 fully saturated rings. The Morgan fingerprint density at radius 1 is 0.842 bits per heavy atom. The topological polar surface area (TPSA) is 31.0 Å². The first kappa shape index (κ1) is 18.8. The van der Waals surface area contributed by atoms with E-state index in [2.05, 4.69) is 62.3 Å². The van der Waals surface area contributed by atoms with Crippen molar-refractivity contribution in [2.45, 2.75) is 12.5 Å². The average molecular weight is 274 g/mol. The standard InChI is InChI=1S/C14H34N4O/c1-16(2)9-7-14(13-18(5)6)15-8-11-19-12-10-17(3)4/h14-15H,7-13H2,1-6H3. The Balaban J connectivity index is 3.67. The highest BCUT2D eigenvalue weighted by Gasteiger charge is 2.09. The van der Waals surface area contributed by atoms with E-state index in [-0.39, 0.29) is 0 Å². The normalized spacial score (nSPS) is 13.7. The van der Waals surface area contributed by atoms with E-state index in [0.29, 0.717) is 6.04 Å². The summed E-state index contributed by atoms with van der Waals surface area (Å²) in [6.45, 7) is 5.71. The summed E-state index contributed by atoms with van der Waals surface area (Å²) in [5.41, 5.74) is 0. The van der Waals surface area contributed by atoms with Crippen molar-refractivity contribution in [1.82, 2.24) is 20.0 Å². The molecule has 0 saturated carbocycles. The van der Waals surface area contributed by atoms with Crippen LogP contribution in [0, 0.1) is 0 Å². The van der Waals surface area contributed by atoms with Gasteiger partial charge < -0.3 is 24.8 Å². The van der Waals surface area contributed by atoms with E-state index in [1.807, 2.05) is 0 Å². The maximum Gasteiger partial charge on any atom is 0.0593 e. The van der Waals surface area contributed by atoms with Crippen molar-refractivity contribution in [3.8, 4) is 0 Å². The van der Waals surface area contributed by atoms with E-state index >= 15 is 0 Å². The molecule has 0 rings (SSSR count). The molecule has 0 aromatic carbocycles. The quantitative estimate of drug-likeness (QED) is 0.508. The number of nitrogens with one attached hydrogen (secondary N) is 1. The predicted molar refractivity (Wildman–Crippen MR) is 82.9 cm³/mol. The molecule has 0 bridgehead atoms. The van der Waals surface area contributed by atoms with Gasteiger partial charge >= 0.3 is 0 Å². The van der Waals surface area contributed by atoms with Crippen LogP contribution in [0.3, 0.4) is 0 Å². The minimum Gasteiger partial charge on any atom is -0.379 e. The summed E-state index contributed by atoms with van der Waals surface area (Å²) < 4.78 is 5.60. The highest BCUT2D eigenvalue weighted by atomic mass is 16.5. The van der Waals surface area contributed by atoms with Gasteiger partial charge in [0.1, 0.15) is 0 Å². The van der Waals surface area contributed by atoms with Gasteiger partial charge in [0, 0.05) is 25.7 Å². The summed E-state index contributed by atoms with van der Waals surface area (Å²) in [4.78, 5) is 6.61. The smallest absolute Gasteiger partial charge is 0.0593 e. The highest BCUT2D eigenvalue weighted by molar-refractivity contribution is 4.70. The lowest BCUT2D eigenvalue weighted by atomic mass is 10.2. The fourth-order valence-corrected chi connectivity index (χ4v) is 1.80. The Hall–Kier alpha value is -0.200. The molecule has 0 aromatic heterocycles. The van der Waals surface area contributed by atoms with Crippen molar-refractivity contribution < 1.29 is 4.74 Å². The van der Waals surface area contributed by atoms with Crippen LogP contribution in [0.1, 0.15) is 6.42 Å². The van der Waals surface area contributed by atoms with Gasteiger partial charge in [-0.25, -0.2) is 0 Å². The summed E-state index contributed by atoms with van der Waals surface area (Å²) in [6, 6.07) is 0.537. The number of ether oxygens (including phenoxy) is 1. The van der Waals surface area contributed by atoms with E-state index in [1.165, 1.54) is 6.42 Å². The van der Waals surface area contributed by atoms with E-state index in [9.17, 15) is 0 Å². The third-order valence-corrected chi connectivity index (χ3v) is 2.87. The maximum atomic E-state index is 5.60. The molecule has 0 spiro atoms. The van der Waals surface area contributed by atoms with Crippen LogP contribution >= 0.6 is 0 Å². The van der Waals surface area contributed by atoms with Gasteiger partial charge in [0.25, 0.3) is 0 Å². The van der Waals surface area contributed by atoms with E-state index in [1.54, 1.807) is 0 Å². The number of nitrogens with zero attached hydrogens (tertiary/aromatic N) is 3. The number of hydrogen-bond donors (Lipinski definition) is 1. The van der Waals surface area contributed by atoms with Gasteiger partial charge in [-0.2, -0.15) is 0 Å². The Bertz CT molecular complexity index is 198. The zero-order valence-electron chi connectivity index (χ0n) is 13.8. The van der Waals surface area contributed by atoms with Crippen molar-refractivity contribution >= 4 is 0 Å². The largest absolute Gasteiger partial charge is 0.379 e. The molecule has 5 nitrogen and oxygen atoms in total. The van der Waals surface area contributed by atoms with Crippen molar-refractivity contribution in [3.63, 3.8) is 0 Å². The predicted octanol–water partition coefficient (Wildman–Crippen LogP) is 0.0361. The molecule has 0 amide bonds. The molecule has 5 heteroatoms. The number of likely N-dealkylation sites (N-methyl/N-ethyl adjacent to an activating group) is 2. The molecule has 0 saturated heterocycles. The number of hydrogen-bond acceptors (Lipinski definition) is 5. The molecule has 1 N–H and O–H groups in total. The molecular weight excluding hydrogens is 240 g/mol. The summed E-state index contributed by atoms with van der Waals surface area (Å²) in [6.07, 6.45) is 1.17. The van der Waals surface area contributed by atoms with Crippen LogP contribution in [-0.4, -0.2) is 102 Å². The minimum atomic E-state index is 0.537. The SMILES string of the molecule is CN(C)CCOCCNC(CCN(C)C)CN(C)C. The molecule has 0 radical (unpaired) electrons. The van der Waals surface area contributed by atoms with Gasteiger partial charge in [-0.3, -0.25) is 0 Å². The lowest BCUT2D eigenvalue weighted by Crippen LogP contribution is -2.41. The Kier molecular flexibility index (Phi) is 11.5. The van der Waals surface area contributed by atoms with Crippen LogP contribution < -0.4 is 5.32 Å². The van der Waals surface area contributed by atoms with Crippen LogP contribution in [0.2, 0.25) is 0 Å². The van der Waals surface area contributed by atoms with Crippen molar-refractivity contribution in [2.24, 2.45) is 0 Å². The third-order valence-electron chi connectivity index (χ3n) is 2.87. The molecule has 0 aliphatic carbocycles. The molecular formula is C14H34N4O. The second-order valence-corrected chi connectivity index (χ2v) is 5.92. The van der Waals surface area contributed by atoms with Crippen molar-refractivity contribution in [3.05, 3.63) is 0 Å². The Morgan fingerprint density at radius 2 is 1.47 bits per heavy atom. The molecule has 0 aliphatic heterocycles. The summed E-state index contributed by atoms with van der Waals surface area (Å²) in [5, 5.41) is 3.59. The zero-order valence-corrected chi connectivity index (χ0v) is 13.8. The van der Waals surface area contributed by atoms with E-state index < -0.39 is 0 Å². The molecule has 0 aliphatic rings. The van der Waals surface area contributed by atoms with Crippen molar-refractivity contribution in [2.75, 3.05) is 81.7 Å². The molecule has 1 atom stereocenters.